The minimum Gasteiger partial charge on any atom is -0.336 e. The maximum atomic E-state index is 13.0. The molecule has 1 aromatic carbocycles. The molecule has 1 amide bonds. The summed E-state index contributed by atoms with van der Waals surface area (Å²) in [5.41, 5.74) is 2.51. The molecule has 0 bridgehead atoms. The molecule has 134 valence electrons. The van der Waals surface area contributed by atoms with Crippen LogP contribution < -0.4 is 0 Å². The molecule has 0 saturated carbocycles. The number of carbonyl (C=O) groups is 1. The molecule has 0 atom stereocenters. The lowest BCUT2D eigenvalue weighted by Crippen LogP contribution is -2.50. The molecular weight excluding hydrogens is 336 g/mol. The van der Waals surface area contributed by atoms with E-state index in [4.69, 9.17) is 11.6 Å². The molecule has 1 fully saturated rings. The minimum absolute atomic E-state index is 0.0773. The number of carbonyl (C=O) groups excluding carboxylic acids is 1. The van der Waals surface area contributed by atoms with Crippen LogP contribution in [0.5, 0.6) is 0 Å². The van der Waals surface area contributed by atoms with Gasteiger partial charge < -0.3 is 4.90 Å². The number of rotatable bonds is 4. The molecule has 2 heterocycles. The van der Waals surface area contributed by atoms with E-state index in [1.54, 1.807) is 6.20 Å². The molecular formula is C19H25ClN4O. The van der Waals surface area contributed by atoms with Gasteiger partial charge in [-0.05, 0) is 38.5 Å². The number of piperazine rings is 1. The Labute approximate surface area is 154 Å². The summed E-state index contributed by atoms with van der Waals surface area (Å²) >= 11 is 6.10. The first-order valence-electron chi connectivity index (χ1n) is 8.87. The van der Waals surface area contributed by atoms with E-state index in [1.807, 2.05) is 40.8 Å². The van der Waals surface area contributed by atoms with Crippen molar-refractivity contribution in [2.24, 2.45) is 0 Å². The van der Waals surface area contributed by atoms with Crippen LogP contribution in [0.3, 0.4) is 0 Å². The Kier molecular flexibility index (Phi) is 5.45. The van der Waals surface area contributed by atoms with Crippen LogP contribution in [0.15, 0.2) is 30.5 Å². The molecule has 2 aromatic rings. The van der Waals surface area contributed by atoms with Crippen molar-refractivity contribution in [1.29, 1.82) is 0 Å². The summed E-state index contributed by atoms with van der Waals surface area (Å²) in [6.07, 6.45) is 2.43. The number of benzene rings is 1. The summed E-state index contributed by atoms with van der Waals surface area (Å²) < 4.78 is 1.82. The standard InChI is InChI=1S/C19H25ClN4O/c1-4-18-17(13-21-24(18)16-7-5-6-15(20)12-16)19(25)23-10-8-22(9-11-23)14(2)3/h5-7,12-14H,4,8-11H2,1-3H3. The van der Waals surface area contributed by atoms with Crippen LogP contribution >= 0.6 is 11.6 Å². The van der Waals surface area contributed by atoms with Gasteiger partial charge in [0.2, 0.25) is 0 Å². The van der Waals surface area contributed by atoms with Gasteiger partial charge >= 0.3 is 0 Å². The highest BCUT2D eigenvalue weighted by molar-refractivity contribution is 6.30. The highest BCUT2D eigenvalue weighted by Crippen LogP contribution is 2.21. The highest BCUT2D eigenvalue weighted by atomic mass is 35.5. The first-order chi connectivity index (χ1) is 12.0. The number of hydrogen-bond donors (Lipinski definition) is 0. The van der Waals surface area contributed by atoms with E-state index in [9.17, 15) is 4.79 Å². The predicted molar refractivity (Wildman–Crippen MR) is 101 cm³/mol. The van der Waals surface area contributed by atoms with Gasteiger partial charge in [-0.1, -0.05) is 24.6 Å². The van der Waals surface area contributed by atoms with E-state index in [1.165, 1.54) is 0 Å². The van der Waals surface area contributed by atoms with Crippen molar-refractivity contribution in [3.63, 3.8) is 0 Å². The van der Waals surface area contributed by atoms with Gasteiger partial charge in [0.25, 0.3) is 5.91 Å². The lowest BCUT2D eigenvalue weighted by atomic mass is 10.1. The third-order valence-corrected chi connectivity index (χ3v) is 5.05. The van der Waals surface area contributed by atoms with Crippen molar-refractivity contribution < 1.29 is 4.79 Å². The lowest BCUT2D eigenvalue weighted by Gasteiger charge is -2.36. The average molecular weight is 361 g/mol. The molecule has 5 nitrogen and oxygen atoms in total. The monoisotopic (exact) mass is 360 g/mol. The van der Waals surface area contributed by atoms with Crippen LogP contribution in [0, 0.1) is 0 Å². The fourth-order valence-electron chi connectivity index (χ4n) is 3.33. The quantitative estimate of drug-likeness (QED) is 0.840. The molecule has 25 heavy (non-hydrogen) atoms. The smallest absolute Gasteiger partial charge is 0.257 e. The van der Waals surface area contributed by atoms with E-state index in [0.29, 0.717) is 16.6 Å². The second-order valence-electron chi connectivity index (χ2n) is 6.67. The summed E-state index contributed by atoms with van der Waals surface area (Å²) in [6.45, 7) is 9.82. The SMILES string of the molecule is CCc1c(C(=O)N2CCN(C(C)C)CC2)cnn1-c1cccc(Cl)c1. The van der Waals surface area contributed by atoms with E-state index in [-0.39, 0.29) is 5.91 Å². The molecule has 0 unspecified atom stereocenters. The van der Waals surface area contributed by atoms with Crippen LogP contribution in [0.2, 0.25) is 5.02 Å². The Bertz CT molecular complexity index is 748. The minimum atomic E-state index is 0.0773. The first kappa shape index (κ1) is 18.0. The van der Waals surface area contributed by atoms with Gasteiger partial charge in [0, 0.05) is 37.2 Å². The number of nitrogens with zero attached hydrogens (tertiary/aromatic N) is 4. The molecule has 0 N–H and O–H groups in total. The summed E-state index contributed by atoms with van der Waals surface area (Å²) in [5, 5.41) is 5.12. The molecule has 6 heteroatoms. The van der Waals surface area contributed by atoms with Crippen molar-refractivity contribution >= 4 is 17.5 Å². The molecule has 1 aliphatic rings. The van der Waals surface area contributed by atoms with Gasteiger partial charge in [-0.15, -0.1) is 0 Å². The molecule has 3 rings (SSSR count). The summed E-state index contributed by atoms with van der Waals surface area (Å²) in [5.74, 6) is 0.0773. The van der Waals surface area contributed by atoms with E-state index >= 15 is 0 Å². The number of halogens is 1. The molecule has 1 saturated heterocycles. The Balaban J connectivity index is 1.82. The average Bonchev–Trinajstić information content (AvgIpc) is 3.05. The topological polar surface area (TPSA) is 41.4 Å². The normalized spacial score (nSPS) is 15.8. The third-order valence-electron chi connectivity index (χ3n) is 4.82. The summed E-state index contributed by atoms with van der Waals surface area (Å²) in [4.78, 5) is 17.3. The third kappa shape index (κ3) is 3.72. The molecule has 0 radical (unpaired) electrons. The second kappa shape index (κ2) is 7.58. The van der Waals surface area contributed by atoms with Gasteiger partial charge in [0.1, 0.15) is 0 Å². The number of amides is 1. The van der Waals surface area contributed by atoms with Crippen molar-refractivity contribution in [3.05, 3.63) is 46.7 Å². The first-order valence-corrected chi connectivity index (χ1v) is 9.25. The van der Waals surface area contributed by atoms with E-state index < -0.39 is 0 Å². The maximum Gasteiger partial charge on any atom is 0.257 e. The zero-order valence-electron chi connectivity index (χ0n) is 15.1. The van der Waals surface area contributed by atoms with Gasteiger partial charge in [0.05, 0.1) is 23.1 Å². The van der Waals surface area contributed by atoms with Crippen LogP contribution in [-0.2, 0) is 6.42 Å². The van der Waals surface area contributed by atoms with Crippen molar-refractivity contribution in [2.75, 3.05) is 26.2 Å². The molecule has 1 aromatic heterocycles. The van der Waals surface area contributed by atoms with Crippen LogP contribution in [0.1, 0.15) is 36.8 Å². The van der Waals surface area contributed by atoms with Gasteiger partial charge in [-0.2, -0.15) is 5.10 Å². The number of aromatic nitrogens is 2. The molecule has 0 spiro atoms. The van der Waals surface area contributed by atoms with Gasteiger partial charge in [-0.3, -0.25) is 9.69 Å². The largest absolute Gasteiger partial charge is 0.336 e. The zero-order chi connectivity index (χ0) is 18.0. The fraction of sp³-hybridized carbons (Fsp3) is 0.474. The van der Waals surface area contributed by atoms with Crippen molar-refractivity contribution in [3.8, 4) is 5.69 Å². The van der Waals surface area contributed by atoms with E-state index in [2.05, 4.69) is 23.8 Å². The second-order valence-corrected chi connectivity index (χ2v) is 7.11. The summed E-state index contributed by atoms with van der Waals surface area (Å²) in [7, 11) is 0. The Morgan fingerprint density at radius 1 is 1.24 bits per heavy atom. The van der Waals surface area contributed by atoms with Crippen molar-refractivity contribution in [2.45, 2.75) is 33.2 Å². The van der Waals surface area contributed by atoms with Gasteiger partial charge in [-0.25, -0.2) is 4.68 Å². The fourth-order valence-corrected chi connectivity index (χ4v) is 3.52. The highest BCUT2D eigenvalue weighted by Gasteiger charge is 2.26. The van der Waals surface area contributed by atoms with E-state index in [0.717, 1.165) is 44.0 Å². The Hall–Kier alpha value is -1.85. The molecule has 0 aliphatic carbocycles. The molecule has 1 aliphatic heterocycles. The van der Waals surface area contributed by atoms with Gasteiger partial charge in [0.15, 0.2) is 0 Å². The van der Waals surface area contributed by atoms with Crippen LogP contribution in [0.25, 0.3) is 5.69 Å². The number of hydrogen-bond acceptors (Lipinski definition) is 3. The lowest BCUT2D eigenvalue weighted by molar-refractivity contribution is 0.0594. The van der Waals surface area contributed by atoms with Crippen molar-refractivity contribution in [1.82, 2.24) is 19.6 Å². The Morgan fingerprint density at radius 2 is 1.96 bits per heavy atom. The van der Waals surface area contributed by atoms with Crippen LogP contribution in [0.4, 0.5) is 0 Å². The Morgan fingerprint density at radius 3 is 2.56 bits per heavy atom. The summed E-state index contributed by atoms with van der Waals surface area (Å²) in [6, 6.07) is 8.07. The maximum absolute atomic E-state index is 13.0. The zero-order valence-corrected chi connectivity index (χ0v) is 15.8. The predicted octanol–water partition coefficient (Wildman–Crippen LogP) is 3.25. The van der Waals surface area contributed by atoms with Crippen LogP contribution in [-0.4, -0.2) is 57.7 Å².